The number of aromatic nitrogens is 1. The summed E-state index contributed by atoms with van der Waals surface area (Å²) in [5, 5.41) is 9.93. The zero-order valence-corrected chi connectivity index (χ0v) is 32.7. The van der Waals surface area contributed by atoms with E-state index in [-0.39, 0.29) is 35.6 Å². The number of imide groups is 1. The number of carbonyl (C=O) groups is 4. The maximum absolute atomic E-state index is 13.7. The van der Waals surface area contributed by atoms with Crippen molar-refractivity contribution in [1.29, 1.82) is 0 Å². The molecule has 1 unspecified atom stereocenters. The second-order valence-electron chi connectivity index (χ2n) is 16.2. The molecule has 5 aromatic rings. The summed E-state index contributed by atoms with van der Waals surface area (Å²) in [6.07, 6.45) is 6.61. The summed E-state index contributed by atoms with van der Waals surface area (Å²) < 4.78 is 0. The average molecular weight is 776 g/mol. The van der Waals surface area contributed by atoms with Gasteiger partial charge in [0.1, 0.15) is 0 Å². The van der Waals surface area contributed by atoms with Crippen molar-refractivity contribution in [2.45, 2.75) is 50.5 Å². The van der Waals surface area contributed by atoms with E-state index in [1.807, 2.05) is 83.8 Å². The Bertz CT molecular complexity index is 2310. The highest BCUT2D eigenvalue weighted by Crippen LogP contribution is 2.34. The van der Waals surface area contributed by atoms with Crippen LogP contribution in [0.15, 0.2) is 103 Å². The van der Waals surface area contributed by atoms with Gasteiger partial charge in [-0.15, -0.1) is 0 Å². The third-order valence-corrected chi connectivity index (χ3v) is 12.2. The fourth-order valence-electron chi connectivity index (χ4n) is 8.62. The SMILES string of the molecule is O=C1CCC(c2ccc(N3CCN(CC4CCN(C(=O)c5ccc(-c6ccc7ncc(C(=O)NC8CC8)c(Nc8ccccc8)c7c6)cc5)CC4)CC3)cc2)C(=O)N1. The third-order valence-electron chi connectivity index (χ3n) is 12.2. The number of piperidine rings is 2. The van der Waals surface area contributed by atoms with Crippen molar-refractivity contribution in [2.24, 2.45) is 5.92 Å². The van der Waals surface area contributed by atoms with Gasteiger partial charge in [-0.3, -0.25) is 34.4 Å². The zero-order valence-electron chi connectivity index (χ0n) is 32.7. The average Bonchev–Trinajstić information content (AvgIpc) is 4.08. The fraction of sp³-hybridized carbons (Fsp3) is 0.340. The van der Waals surface area contributed by atoms with Gasteiger partial charge in [0.2, 0.25) is 11.8 Å². The molecule has 1 atom stereocenters. The summed E-state index contributed by atoms with van der Waals surface area (Å²) in [4.78, 5) is 62.4. The minimum absolute atomic E-state index is 0.0746. The molecular formula is C47H49N7O4. The number of likely N-dealkylation sites (tertiary alicyclic amines) is 1. The largest absolute Gasteiger partial charge is 0.369 e. The molecule has 1 saturated carbocycles. The molecule has 4 amide bonds. The maximum atomic E-state index is 13.7. The molecule has 58 heavy (non-hydrogen) atoms. The lowest BCUT2D eigenvalue weighted by Gasteiger charge is -2.39. The van der Waals surface area contributed by atoms with E-state index in [9.17, 15) is 19.2 Å². The van der Waals surface area contributed by atoms with Crippen molar-refractivity contribution in [2.75, 3.05) is 56.0 Å². The molecule has 0 bridgehead atoms. The van der Waals surface area contributed by atoms with E-state index >= 15 is 0 Å². The van der Waals surface area contributed by atoms with Crippen LogP contribution in [0.5, 0.6) is 0 Å². The summed E-state index contributed by atoms with van der Waals surface area (Å²) in [5.74, 6) is -0.128. The van der Waals surface area contributed by atoms with E-state index in [1.165, 1.54) is 5.69 Å². The highest BCUT2D eigenvalue weighted by Gasteiger charge is 2.30. The minimum atomic E-state index is -0.258. The van der Waals surface area contributed by atoms with Gasteiger partial charge in [0.25, 0.3) is 11.8 Å². The van der Waals surface area contributed by atoms with Crippen LogP contribution in [0, 0.1) is 5.92 Å². The van der Waals surface area contributed by atoms with Crippen molar-refractivity contribution in [3.8, 4) is 11.1 Å². The monoisotopic (exact) mass is 775 g/mol. The van der Waals surface area contributed by atoms with Gasteiger partial charge in [0.15, 0.2) is 0 Å². The normalized spacial score (nSPS) is 19.2. The standard InChI is InChI=1S/C47H49N7O4/c55-43-19-17-39(45(56)51-43)33-10-15-38(16-11-33)53-26-24-52(25-27-53)30-31-20-22-54(23-21-31)47(58)34-8-6-32(7-9-34)35-12-18-42-40(28-35)44(49-36-4-2-1-3-5-36)41(29-48-42)46(57)50-37-13-14-37/h1-12,15-16,18,28-29,31,37,39H,13-14,17,19-27,30H2,(H,48,49)(H,50,57)(H,51,55,56). The Morgan fingerprint density at radius 1 is 0.759 bits per heavy atom. The van der Waals surface area contributed by atoms with Gasteiger partial charge < -0.3 is 20.4 Å². The van der Waals surface area contributed by atoms with Crippen LogP contribution < -0.4 is 20.9 Å². The summed E-state index contributed by atoms with van der Waals surface area (Å²) in [5.41, 5.74) is 7.71. The van der Waals surface area contributed by atoms with Gasteiger partial charge in [-0.05, 0) is 103 Å². The molecule has 11 nitrogen and oxygen atoms in total. The Hall–Kier alpha value is -6.07. The highest BCUT2D eigenvalue weighted by molar-refractivity contribution is 6.09. The van der Waals surface area contributed by atoms with Crippen molar-refractivity contribution in [3.63, 3.8) is 0 Å². The zero-order chi connectivity index (χ0) is 39.6. The first-order valence-electron chi connectivity index (χ1n) is 20.7. The quantitative estimate of drug-likeness (QED) is 0.133. The molecular weight excluding hydrogens is 727 g/mol. The Balaban J connectivity index is 0.789. The second kappa shape index (κ2) is 16.4. The molecule has 1 aliphatic carbocycles. The lowest BCUT2D eigenvalue weighted by Crippen LogP contribution is -2.49. The molecule has 296 valence electrons. The van der Waals surface area contributed by atoms with Gasteiger partial charge in [-0.2, -0.15) is 0 Å². The molecule has 4 heterocycles. The van der Waals surface area contributed by atoms with E-state index in [2.05, 4.69) is 48.9 Å². The summed E-state index contributed by atoms with van der Waals surface area (Å²) >= 11 is 0. The van der Waals surface area contributed by atoms with Crippen LogP contribution in [0.2, 0.25) is 0 Å². The van der Waals surface area contributed by atoms with E-state index in [0.717, 1.165) is 110 Å². The third kappa shape index (κ3) is 8.31. The number of rotatable bonds is 10. The first-order chi connectivity index (χ1) is 28.3. The van der Waals surface area contributed by atoms with E-state index in [1.54, 1.807) is 6.20 Å². The van der Waals surface area contributed by atoms with Crippen molar-refractivity contribution < 1.29 is 19.2 Å². The second-order valence-corrected chi connectivity index (χ2v) is 16.2. The molecule has 4 aromatic carbocycles. The highest BCUT2D eigenvalue weighted by atomic mass is 16.2. The number of para-hydroxylation sites is 1. The Morgan fingerprint density at radius 2 is 1.48 bits per heavy atom. The van der Waals surface area contributed by atoms with Gasteiger partial charge in [0, 0.05) is 86.8 Å². The molecule has 3 N–H and O–H groups in total. The predicted octanol–water partition coefficient (Wildman–Crippen LogP) is 6.73. The molecule has 3 saturated heterocycles. The number of amides is 4. The summed E-state index contributed by atoms with van der Waals surface area (Å²) in [6.45, 7) is 6.46. The lowest BCUT2D eigenvalue weighted by atomic mass is 9.90. The van der Waals surface area contributed by atoms with Crippen LogP contribution in [-0.4, -0.2) is 90.3 Å². The fourth-order valence-corrected chi connectivity index (χ4v) is 8.62. The van der Waals surface area contributed by atoms with Crippen LogP contribution in [-0.2, 0) is 9.59 Å². The van der Waals surface area contributed by atoms with Crippen molar-refractivity contribution >= 4 is 51.6 Å². The van der Waals surface area contributed by atoms with Gasteiger partial charge in [0.05, 0.1) is 22.7 Å². The van der Waals surface area contributed by atoms with Crippen LogP contribution in [0.3, 0.4) is 0 Å². The Morgan fingerprint density at radius 3 is 2.19 bits per heavy atom. The van der Waals surface area contributed by atoms with Gasteiger partial charge in [-0.25, -0.2) is 0 Å². The smallest absolute Gasteiger partial charge is 0.255 e. The summed E-state index contributed by atoms with van der Waals surface area (Å²) in [6, 6.07) is 32.3. The number of nitrogens with zero attached hydrogens (tertiary/aromatic N) is 4. The van der Waals surface area contributed by atoms with Crippen LogP contribution in [0.1, 0.15) is 70.7 Å². The molecule has 11 heteroatoms. The molecule has 4 fully saturated rings. The first kappa shape index (κ1) is 37.5. The number of fused-ring (bicyclic) bond motifs is 1. The van der Waals surface area contributed by atoms with Gasteiger partial charge >= 0.3 is 0 Å². The van der Waals surface area contributed by atoms with E-state index in [0.29, 0.717) is 29.9 Å². The number of pyridine rings is 1. The predicted molar refractivity (Wildman–Crippen MR) is 226 cm³/mol. The lowest BCUT2D eigenvalue weighted by molar-refractivity contribution is -0.134. The minimum Gasteiger partial charge on any atom is -0.369 e. The molecule has 0 radical (unpaired) electrons. The van der Waals surface area contributed by atoms with Crippen molar-refractivity contribution in [3.05, 3.63) is 120 Å². The van der Waals surface area contributed by atoms with Gasteiger partial charge in [-0.1, -0.05) is 48.5 Å². The topological polar surface area (TPSA) is 127 Å². The maximum Gasteiger partial charge on any atom is 0.255 e. The van der Waals surface area contributed by atoms with E-state index < -0.39 is 0 Å². The summed E-state index contributed by atoms with van der Waals surface area (Å²) in [7, 11) is 0. The number of benzene rings is 4. The van der Waals surface area contributed by atoms with Crippen molar-refractivity contribution in [1.82, 2.24) is 25.4 Å². The molecule has 1 aromatic heterocycles. The molecule has 9 rings (SSSR count). The number of nitrogens with one attached hydrogen (secondary N) is 3. The van der Waals surface area contributed by atoms with Crippen LogP contribution in [0.25, 0.3) is 22.0 Å². The molecule has 0 spiro atoms. The van der Waals surface area contributed by atoms with E-state index in [4.69, 9.17) is 0 Å². The number of anilines is 3. The number of carbonyl (C=O) groups excluding carboxylic acids is 4. The first-order valence-corrected chi connectivity index (χ1v) is 20.7. The Kier molecular flexibility index (Phi) is 10.6. The number of hydrogen-bond acceptors (Lipinski definition) is 8. The van der Waals surface area contributed by atoms with Crippen LogP contribution in [0.4, 0.5) is 17.1 Å². The van der Waals surface area contributed by atoms with Crippen LogP contribution >= 0.6 is 0 Å². The molecule has 3 aliphatic heterocycles. The number of piperazine rings is 1. The molecule has 4 aliphatic rings. The number of hydrogen-bond donors (Lipinski definition) is 3. The Labute approximate surface area is 338 Å².